The summed E-state index contributed by atoms with van der Waals surface area (Å²) in [6.45, 7) is 0.0940. The molecule has 3 aromatic carbocycles. The second-order valence-electron chi connectivity index (χ2n) is 7.36. The lowest BCUT2D eigenvalue weighted by molar-refractivity contribution is -0.137. The number of alkyl halides is 3. The smallest absolute Gasteiger partial charge is 0.416 e. The second kappa shape index (κ2) is 9.26. The molecular formula is C24H19F3N4O3. The summed E-state index contributed by atoms with van der Waals surface area (Å²) in [5.41, 5.74) is 1.19. The number of benzene rings is 3. The molecule has 174 valence electrons. The van der Waals surface area contributed by atoms with Crippen molar-refractivity contribution in [2.24, 2.45) is 0 Å². The number of methoxy groups -OCH3 is 1. The van der Waals surface area contributed by atoms with E-state index < -0.39 is 17.8 Å². The highest BCUT2D eigenvalue weighted by molar-refractivity contribution is 6.02. The molecule has 4 rings (SSSR count). The Kier molecular flexibility index (Phi) is 6.22. The van der Waals surface area contributed by atoms with Crippen molar-refractivity contribution in [1.29, 1.82) is 0 Å². The quantitative estimate of drug-likeness (QED) is 0.320. The Morgan fingerprint density at radius 3 is 2.65 bits per heavy atom. The van der Waals surface area contributed by atoms with E-state index in [2.05, 4.69) is 20.6 Å². The van der Waals surface area contributed by atoms with Crippen LogP contribution in [0.5, 0.6) is 5.75 Å². The molecule has 0 unspecified atom stereocenters. The summed E-state index contributed by atoms with van der Waals surface area (Å²) < 4.78 is 44.1. The Morgan fingerprint density at radius 2 is 1.91 bits per heavy atom. The largest absolute Gasteiger partial charge is 0.497 e. The molecule has 10 heteroatoms. The van der Waals surface area contributed by atoms with Crippen LogP contribution in [0.3, 0.4) is 0 Å². The van der Waals surface area contributed by atoms with Crippen LogP contribution in [0, 0.1) is 0 Å². The van der Waals surface area contributed by atoms with Crippen LogP contribution in [0.2, 0.25) is 0 Å². The SMILES string of the molecule is COc1ccc2cc(-c3ccnc(NCc4cccc(C(F)(F)F)c4)n3)cc(NC(=O)O)c2c1. The maximum atomic E-state index is 12.9. The molecule has 1 aromatic heterocycles. The van der Waals surface area contributed by atoms with Gasteiger partial charge in [0.15, 0.2) is 0 Å². The number of ether oxygens (including phenoxy) is 1. The molecule has 1 amide bonds. The lowest BCUT2D eigenvalue weighted by Crippen LogP contribution is -2.08. The van der Waals surface area contributed by atoms with Gasteiger partial charge in [-0.1, -0.05) is 18.2 Å². The van der Waals surface area contributed by atoms with Crippen molar-refractivity contribution in [3.63, 3.8) is 0 Å². The third-order valence-electron chi connectivity index (χ3n) is 5.06. The van der Waals surface area contributed by atoms with Crippen molar-refractivity contribution in [3.05, 3.63) is 78.0 Å². The number of nitrogens with zero attached hydrogens (tertiary/aromatic N) is 2. The molecule has 0 bridgehead atoms. The van der Waals surface area contributed by atoms with Crippen molar-refractivity contribution in [2.75, 3.05) is 17.7 Å². The molecule has 7 nitrogen and oxygen atoms in total. The molecular weight excluding hydrogens is 449 g/mol. The lowest BCUT2D eigenvalue weighted by atomic mass is 10.0. The number of rotatable bonds is 6. The molecule has 0 fully saturated rings. The molecule has 0 aliphatic carbocycles. The topological polar surface area (TPSA) is 96.4 Å². The minimum absolute atomic E-state index is 0.0940. The summed E-state index contributed by atoms with van der Waals surface area (Å²) in [7, 11) is 1.52. The predicted octanol–water partition coefficient (Wildman–Crippen LogP) is 6.03. The van der Waals surface area contributed by atoms with Gasteiger partial charge in [-0.3, -0.25) is 5.32 Å². The van der Waals surface area contributed by atoms with E-state index in [1.807, 2.05) is 6.07 Å². The molecule has 34 heavy (non-hydrogen) atoms. The summed E-state index contributed by atoms with van der Waals surface area (Å²) >= 11 is 0. The first-order chi connectivity index (χ1) is 16.2. The van der Waals surface area contributed by atoms with Crippen LogP contribution in [-0.2, 0) is 12.7 Å². The van der Waals surface area contributed by atoms with Crippen LogP contribution in [0.1, 0.15) is 11.1 Å². The van der Waals surface area contributed by atoms with E-state index in [9.17, 15) is 23.1 Å². The maximum absolute atomic E-state index is 12.9. The minimum atomic E-state index is -4.42. The van der Waals surface area contributed by atoms with Crippen LogP contribution < -0.4 is 15.4 Å². The predicted molar refractivity (Wildman–Crippen MR) is 122 cm³/mol. The number of aromatic nitrogens is 2. The molecule has 3 N–H and O–H groups in total. The van der Waals surface area contributed by atoms with Gasteiger partial charge in [0.2, 0.25) is 5.95 Å². The number of hydrogen-bond donors (Lipinski definition) is 3. The van der Waals surface area contributed by atoms with Gasteiger partial charge in [-0.15, -0.1) is 0 Å². The first kappa shape index (κ1) is 22.8. The van der Waals surface area contributed by atoms with Crippen LogP contribution in [0.4, 0.5) is 29.6 Å². The summed E-state index contributed by atoms with van der Waals surface area (Å²) in [5.74, 6) is 0.800. The van der Waals surface area contributed by atoms with Crippen LogP contribution in [-0.4, -0.2) is 28.3 Å². The summed E-state index contributed by atoms with van der Waals surface area (Å²) in [5, 5.41) is 16.0. The van der Waals surface area contributed by atoms with Crippen molar-refractivity contribution in [2.45, 2.75) is 12.7 Å². The van der Waals surface area contributed by atoms with Crippen molar-refractivity contribution in [3.8, 4) is 17.0 Å². The van der Waals surface area contributed by atoms with Gasteiger partial charge in [-0.25, -0.2) is 14.8 Å². The zero-order chi connectivity index (χ0) is 24.3. The van der Waals surface area contributed by atoms with Crippen molar-refractivity contribution in [1.82, 2.24) is 9.97 Å². The third kappa shape index (κ3) is 5.17. The molecule has 0 atom stereocenters. The normalized spacial score (nSPS) is 11.3. The van der Waals surface area contributed by atoms with Gasteiger partial charge >= 0.3 is 12.3 Å². The highest BCUT2D eigenvalue weighted by Crippen LogP contribution is 2.33. The highest BCUT2D eigenvalue weighted by atomic mass is 19.4. The van der Waals surface area contributed by atoms with Gasteiger partial charge < -0.3 is 15.2 Å². The Labute approximate surface area is 192 Å². The van der Waals surface area contributed by atoms with E-state index in [1.54, 1.807) is 36.4 Å². The van der Waals surface area contributed by atoms with Gasteiger partial charge in [0, 0.05) is 23.7 Å². The molecule has 0 aliphatic heterocycles. The monoisotopic (exact) mass is 468 g/mol. The molecule has 1 heterocycles. The Hall–Kier alpha value is -4.34. The standard InChI is InChI=1S/C24H19F3N4O3/c1-34-18-6-5-15-10-16(11-21(19(15)12-18)31-23(32)33)20-7-8-28-22(30-20)29-13-14-3-2-4-17(9-14)24(25,26)27/h2-12,31H,13H2,1H3,(H,32,33)(H,28,29,30). The van der Waals surface area contributed by atoms with Crippen molar-refractivity contribution < 1.29 is 27.8 Å². The average molecular weight is 468 g/mol. The molecule has 0 saturated carbocycles. The number of hydrogen-bond acceptors (Lipinski definition) is 5. The first-order valence-electron chi connectivity index (χ1n) is 10.1. The fourth-order valence-electron chi connectivity index (χ4n) is 3.47. The molecule has 4 aromatic rings. The van der Waals surface area contributed by atoms with Gasteiger partial charge in [0.25, 0.3) is 0 Å². The van der Waals surface area contributed by atoms with Gasteiger partial charge in [-0.2, -0.15) is 13.2 Å². The van der Waals surface area contributed by atoms with E-state index in [1.165, 1.54) is 19.4 Å². The Bertz CT molecular complexity index is 1360. The summed E-state index contributed by atoms with van der Waals surface area (Å²) in [6.07, 6.45) is -4.12. The molecule has 0 aliphatic rings. The Morgan fingerprint density at radius 1 is 1.09 bits per heavy atom. The molecule has 0 saturated heterocycles. The zero-order valence-corrected chi connectivity index (χ0v) is 17.8. The number of carboxylic acid groups (broad SMARTS) is 1. The highest BCUT2D eigenvalue weighted by Gasteiger charge is 2.30. The fraction of sp³-hybridized carbons (Fsp3) is 0.125. The number of nitrogens with one attached hydrogen (secondary N) is 2. The van der Waals surface area contributed by atoms with Crippen LogP contribution in [0.15, 0.2) is 66.9 Å². The van der Waals surface area contributed by atoms with E-state index in [4.69, 9.17) is 4.74 Å². The average Bonchev–Trinajstić information content (AvgIpc) is 2.82. The zero-order valence-electron chi connectivity index (χ0n) is 17.8. The lowest BCUT2D eigenvalue weighted by Gasteiger charge is -2.12. The summed E-state index contributed by atoms with van der Waals surface area (Å²) in [6, 6.07) is 15.5. The van der Waals surface area contributed by atoms with E-state index in [0.29, 0.717) is 33.6 Å². The van der Waals surface area contributed by atoms with E-state index in [-0.39, 0.29) is 12.5 Å². The fourth-order valence-corrected chi connectivity index (χ4v) is 3.47. The number of carbonyl (C=O) groups is 1. The second-order valence-corrected chi connectivity index (χ2v) is 7.36. The van der Waals surface area contributed by atoms with Crippen molar-refractivity contribution >= 4 is 28.5 Å². The first-order valence-corrected chi connectivity index (χ1v) is 10.1. The summed E-state index contributed by atoms with van der Waals surface area (Å²) in [4.78, 5) is 19.9. The number of halogens is 3. The van der Waals surface area contributed by atoms with Gasteiger partial charge in [0.1, 0.15) is 5.75 Å². The van der Waals surface area contributed by atoms with E-state index in [0.717, 1.165) is 17.5 Å². The third-order valence-corrected chi connectivity index (χ3v) is 5.06. The maximum Gasteiger partial charge on any atom is 0.416 e. The minimum Gasteiger partial charge on any atom is -0.497 e. The Balaban J connectivity index is 1.63. The van der Waals surface area contributed by atoms with E-state index >= 15 is 0 Å². The number of anilines is 2. The number of fused-ring (bicyclic) bond motifs is 1. The molecule has 0 radical (unpaired) electrons. The van der Waals surface area contributed by atoms with Crippen LogP contribution >= 0.6 is 0 Å². The van der Waals surface area contributed by atoms with Crippen LogP contribution in [0.25, 0.3) is 22.0 Å². The van der Waals surface area contributed by atoms with Gasteiger partial charge in [0.05, 0.1) is 24.1 Å². The number of amides is 1. The molecule has 0 spiro atoms. The van der Waals surface area contributed by atoms with Gasteiger partial charge in [-0.05, 0) is 53.4 Å².